The molecule has 3 rings (SSSR count). The summed E-state index contributed by atoms with van der Waals surface area (Å²) in [4.78, 5) is 4.22. The van der Waals surface area contributed by atoms with Gasteiger partial charge in [0.2, 0.25) is 0 Å². The minimum Gasteiger partial charge on any atom is -0.471 e. The second-order valence-electron chi connectivity index (χ2n) is 7.58. The number of ether oxygens (including phenoxy) is 1. The molecule has 1 aliphatic rings. The van der Waals surface area contributed by atoms with Gasteiger partial charge in [0, 0.05) is 20.6 Å². The van der Waals surface area contributed by atoms with Crippen molar-refractivity contribution < 1.29 is 27.5 Å². The number of aliphatic imine (C=N–C) groups is 1. The van der Waals surface area contributed by atoms with Crippen LogP contribution in [0.1, 0.15) is 89.2 Å². The van der Waals surface area contributed by atoms with Crippen LogP contribution in [0.5, 0.6) is 5.75 Å². The lowest BCUT2D eigenvalue weighted by atomic mass is 9.82. The maximum absolute atomic E-state index is 13.8. The molecule has 2 nitrogen and oxygen atoms in total. The maximum atomic E-state index is 13.8. The maximum Gasteiger partial charge on any atom is 0.416 e. The minimum absolute atomic E-state index is 0.00990. The third-order valence-corrected chi connectivity index (χ3v) is 6.01. The molecule has 0 radical (unpaired) electrons. The standard InChI is InChI=1S/C25H29BrF3NO/c1-3-18-13-20(9-10-21(18)15-26)17(2)30-16-31-22-11-12-23(19-7-5-4-6-8-19)24(14-22)25(27,28)29/h9-14,19H,3-8,15-16H2,1-2H3/i1D3,3D2,15D2. The molecular formula is C25H29BrF3NO. The van der Waals surface area contributed by atoms with Crippen LogP contribution in [-0.4, -0.2) is 12.4 Å². The van der Waals surface area contributed by atoms with Gasteiger partial charge in [-0.05, 0) is 72.5 Å². The monoisotopic (exact) mass is 502 g/mol. The van der Waals surface area contributed by atoms with Gasteiger partial charge in [0.15, 0.2) is 6.73 Å². The predicted octanol–water partition coefficient (Wildman–Crippen LogP) is 8.06. The molecule has 0 heterocycles. The van der Waals surface area contributed by atoms with Gasteiger partial charge in [0.05, 0.1) is 5.56 Å². The number of aryl methyl sites for hydroxylation is 1. The molecule has 0 aliphatic heterocycles. The van der Waals surface area contributed by atoms with E-state index in [-0.39, 0.29) is 35.1 Å². The average Bonchev–Trinajstić information content (AvgIpc) is 2.82. The van der Waals surface area contributed by atoms with Gasteiger partial charge < -0.3 is 4.74 Å². The molecule has 2 aromatic carbocycles. The fourth-order valence-corrected chi connectivity index (χ4v) is 4.24. The third kappa shape index (κ3) is 6.12. The summed E-state index contributed by atoms with van der Waals surface area (Å²) in [7, 11) is 0. The van der Waals surface area contributed by atoms with Crippen LogP contribution in [0.3, 0.4) is 0 Å². The second-order valence-corrected chi connectivity index (χ2v) is 7.98. The lowest BCUT2D eigenvalue weighted by molar-refractivity contribution is -0.138. The summed E-state index contributed by atoms with van der Waals surface area (Å²) < 4.78 is 102. The molecule has 0 spiro atoms. The number of benzene rings is 2. The highest BCUT2D eigenvalue weighted by Gasteiger charge is 2.36. The summed E-state index contributed by atoms with van der Waals surface area (Å²) in [6.45, 7) is -1.83. The normalized spacial score (nSPS) is 20.5. The number of hydrogen-bond acceptors (Lipinski definition) is 2. The Labute approximate surface area is 200 Å². The molecule has 0 unspecified atom stereocenters. The quantitative estimate of drug-likeness (QED) is 0.277. The van der Waals surface area contributed by atoms with Crippen molar-refractivity contribution in [1.29, 1.82) is 0 Å². The first-order chi connectivity index (χ1) is 17.4. The van der Waals surface area contributed by atoms with Gasteiger partial charge in [-0.15, -0.1) is 0 Å². The number of halogens is 4. The summed E-state index contributed by atoms with van der Waals surface area (Å²) in [5, 5.41) is -2.19. The third-order valence-electron chi connectivity index (χ3n) is 5.58. The van der Waals surface area contributed by atoms with Gasteiger partial charge >= 0.3 is 6.18 Å². The van der Waals surface area contributed by atoms with E-state index in [2.05, 4.69) is 20.9 Å². The molecule has 1 fully saturated rings. The lowest BCUT2D eigenvalue weighted by Crippen LogP contribution is -2.14. The summed E-state index contributed by atoms with van der Waals surface area (Å²) in [6, 6.07) is 7.93. The number of nitrogens with zero attached hydrogens (tertiary/aromatic N) is 1. The van der Waals surface area contributed by atoms with Crippen molar-refractivity contribution >= 4 is 21.6 Å². The predicted molar refractivity (Wildman–Crippen MR) is 123 cm³/mol. The number of alkyl halides is 4. The van der Waals surface area contributed by atoms with Crippen LogP contribution in [0.2, 0.25) is 0 Å². The van der Waals surface area contributed by atoms with E-state index in [0.717, 1.165) is 38.2 Å². The Balaban J connectivity index is 1.86. The van der Waals surface area contributed by atoms with Gasteiger partial charge in [0.1, 0.15) is 5.75 Å². The van der Waals surface area contributed by atoms with Gasteiger partial charge in [0.25, 0.3) is 0 Å². The fourth-order valence-electron chi connectivity index (χ4n) is 3.89. The minimum atomic E-state index is -4.52. The SMILES string of the molecule is [2H]C([2H])(Br)c1ccc(C(C)=NCOc2ccc(C3CCCCC3)c(C(F)(F)F)c2)cc1C([2H])([2H])C([2H])([2H])[2H]. The van der Waals surface area contributed by atoms with E-state index in [1.165, 1.54) is 30.3 Å². The van der Waals surface area contributed by atoms with Gasteiger partial charge in [-0.2, -0.15) is 13.2 Å². The van der Waals surface area contributed by atoms with E-state index < -0.39 is 30.2 Å². The molecule has 0 saturated heterocycles. The molecule has 168 valence electrons. The highest BCUT2D eigenvalue weighted by molar-refractivity contribution is 9.08. The van der Waals surface area contributed by atoms with Crippen LogP contribution in [0.25, 0.3) is 0 Å². The summed E-state index contributed by atoms with van der Waals surface area (Å²) in [6.07, 6.45) is -3.08. The van der Waals surface area contributed by atoms with E-state index in [0.29, 0.717) is 11.3 Å². The van der Waals surface area contributed by atoms with E-state index in [9.17, 15) is 13.2 Å². The molecule has 31 heavy (non-hydrogen) atoms. The molecule has 0 atom stereocenters. The van der Waals surface area contributed by atoms with E-state index in [4.69, 9.17) is 14.3 Å². The van der Waals surface area contributed by atoms with Crippen molar-refractivity contribution in [2.24, 2.45) is 4.99 Å². The zero-order valence-corrected chi connectivity index (χ0v) is 18.7. The number of rotatable bonds is 7. The van der Waals surface area contributed by atoms with Gasteiger partial charge in [-0.25, -0.2) is 0 Å². The topological polar surface area (TPSA) is 21.6 Å². The van der Waals surface area contributed by atoms with Crippen LogP contribution in [0.4, 0.5) is 13.2 Å². The zero-order valence-electron chi connectivity index (χ0n) is 24.2. The van der Waals surface area contributed by atoms with Crippen molar-refractivity contribution in [2.75, 3.05) is 6.73 Å². The first kappa shape index (κ1) is 15.9. The Kier molecular flexibility index (Phi) is 5.47. The summed E-state index contributed by atoms with van der Waals surface area (Å²) >= 11 is 2.83. The van der Waals surface area contributed by atoms with Crippen molar-refractivity contribution in [1.82, 2.24) is 0 Å². The average molecular weight is 503 g/mol. The van der Waals surface area contributed by atoms with E-state index >= 15 is 0 Å². The molecule has 0 aromatic heterocycles. The Morgan fingerprint density at radius 1 is 1.16 bits per heavy atom. The number of hydrogen-bond donors (Lipinski definition) is 0. The van der Waals surface area contributed by atoms with Crippen molar-refractivity contribution in [3.8, 4) is 5.75 Å². The Bertz CT molecular complexity index is 1170. The first-order valence-electron chi connectivity index (χ1n) is 13.6. The van der Waals surface area contributed by atoms with Crippen LogP contribution in [0, 0.1) is 0 Å². The largest absolute Gasteiger partial charge is 0.471 e. The van der Waals surface area contributed by atoms with Gasteiger partial charge in [-0.1, -0.05) is 60.2 Å². The molecule has 2 aromatic rings. The summed E-state index contributed by atoms with van der Waals surface area (Å²) in [5.41, 5.74) is -0.333. The molecule has 1 aliphatic carbocycles. The van der Waals surface area contributed by atoms with Crippen LogP contribution < -0.4 is 4.74 Å². The van der Waals surface area contributed by atoms with Crippen LogP contribution in [0.15, 0.2) is 41.4 Å². The van der Waals surface area contributed by atoms with Crippen molar-refractivity contribution in [3.05, 3.63) is 64.2 Å². The Morgan fingerprint density at radius 2 is 1.94 bits per heavy atom. The molecule has 1 saturated carbocycles. The Morgan fingerprint density at radius 3 is 2.61 bits per heavy atom. The van der Waals surface area contributed by atoms with Crippen molar-refractivity contribution in [2.45, 2.75) is 69.6 Å². The Hall–Kier alpha value is -1.82. The molecule has 0 N–H and O–H groups in total. The highest BCUT2D eigenvalue weighted by atomic mass is 79.9. The van der Waals surface area contributed by atoms with Crippen molar-refractivity contribution in [3.63, 3.8) is 0 Å². The van der Waals surface area contributed by atoms with Crippen LogP contribution in [-0.2, 0) is 17.8 Å². The highest BCUT2D eigenvalue weighted by Crippen LogP contribution is 2.42. The fraction of sp³-hybridized carbons (Fsp3) is 0.480. The molecule has 0 amide bonds. The van der Waals surface area contributed by atoms with E-state index in [1.54, 1.807) is 6.92 Å². The van der Waals surface area contributed by atoms with E-state index in [1.807, 2.05) is 0 Å². The second kappa shape index (κ2) is 10.7. The lowest BCUT2D eigenvalue weighted by Gasteiger charge is -2.25. The molecule has 6 heteroatoms. The zero-order chi connectivity index (χ0) is 28.5. The summed E-state index contributed by atoms with van der Waals surface area (Å²) in [5.74, 6) is -0.121. The molecule has 0 bridgehead atoms. The van der Waals surface area contributed by atoms with Crippen LogP contribution >= 0.6 is 15.9 Å². The van der Waals surface area contributed by atoms with Gasteiger partial charge in [-0.3, -0.25) is 4.99 Å². The smallest absolute Gasteiger partial charge is 0.416 e. The molecular weight excluding hydrogens is 467 g/mol. The first-order valence-corrected chi connectivity index (χ1v) is 10.9.